The zero-order valence-corrected chi connectivity index (χ0v) is 11.5. The topological polar surface area (TPSA) is 47.3 Å². The van der Waals surface area contributed by atoms with E-state index in [0.29, 0.717) is 11.7 Å². The Bertz CT molecular complexity index is 762. The first kappa shape index (κ1) is 11.1. The van der Waals surface area contributed by atoms with E-state index in [4.69, 9.17) is 4.98 Å². The fraction of sp³-hybridized carbons (Fsp3) is 0.533. The molecule has 2 aromatic rings. The van der Waals surface area contributed by atoms with Crippen LogP contribution in [0.3, 0.4) is 0 Å². The Hall–Kier alpha value is -1.71. The molecule has 98 valence electrons. The van der Waals surface area contributed by atoms with E-state index in [2.05, 4.69) is 32.0 Å². The minimum atomic E-state index is -0.222. The highest BCUT2D eigenvalue weighted by Gasteiger charge is 2.60. The maximum atomic E-state index is 11.4. The van der Waals surface area contributed by atoms with Crippen molar-refractivity contribution in [3.63, 3.8) is 0 Å². The minimum Gasteiger partial charge on any atom is -0.292 e. The molecule has 0 saturated heterocycles. The highest BCUT2D eigenvalue weighted by molar-refractivity contribution is 5.47. The molecule has 4 heteroatoms. The lowest BCUT2D eigenvalue weighted by atomic mass is 9.70. The van der Waals surface area contributed by atoms with Gasteiger partial charge in [-0.3, -0.25) is 9.20 Å². The van der Waals surface area contributed by atoms with Crippen LogP contribution in [0.2, 0.25) is 0 Å². The van der Waals surface area contributed by atoms with Gasteiger partial charge in [0.05, 0.1) is 5.69 Å². The van der Waals surface area contributed by atoms with Gasteiger partial charge in [0.1, 0.15) is 0 Å². The highest BCUT2D eigenvalue weighted by Crippen LogP contribution is 2.66. The molecule has 0 N–H and O–H groups in total. The van der Waals surface area contributed by atoms with Crippen molar-refractivity contribution in [3.8, 4) is 0 Å². The summed E-state index contributed by atoms with van der Waals surface area (Å²) in [6.07, 6.45) is 6.30. The first-order chi connectivity index (χ1) is 8.93. The Morgan fingerprint density at radius 1 is 1.32 bits per heavy atom. The summed E-state index contributed by atoms with van der Waals surface area (Å²) in [5.74, 6) is 1.10. The Balaban J connectivity index is 2.09. The predicted molar refractivity (Wildman–Crippen MR) is 72.4 cm³/mol. The minimum absolute atomic E-state index is 0.113. The largest absolute Gasteiger partial charge is 0.292 e. The standard InChI is InChI=1S/C15H17N3O/c1-14(2)10-4-6-15(14,3)12-9(10)8-18-7-5-11(19)16-13(18)17-12/h5,7-8,10H,4,6H2,1-3H3/t10-,15+/m0/s1. The predicted octanol–water partition coefficient (Wildman–Crippen LogP) is 2.26. The zero-order chi connectivity index (χ0) is 13.4. The maximum Gasteiger partial charge on any atom is 0.274 e. The molecule has 0 amide bonds. The van der Waals surface area contributed by atoms with E-state index in [-0.39, 0.29) is 16.4 Å². The van der Waals surface area contributed by atoms with Gasteiger partial charge in [0, 0.05) is 23.9 Å². The van der Waals surface area contributed by atoms with Crippen molar-refractivity contribution >= 4 is 5.78 Å². The molecule has 0 aliphatic heterocycles. The normalized spacial score (nSPS) is 30.8. The van der Waals surface area contributed by atoms with Crippen LogP contribution in [-0.4, -0.2) is 14.4 Å². The molecule has 2 aliphatic carbocycles. The molecule has 4 nitrogen and oxygen atoms in total. The summed E-state index contributed by atoms with van der Waals surface area (Å²) in [5.41, 5.74) is 2.63. The van der Waals surface area contributed by atoms with E-state index >= 15 is 0 Å². The Kier molecular flexibility index (Phi) is 1.79. The van der Waals surface area contributed by atoms with Gasteiger partial charge in [-0.25, -0.2) is 4.98 Å². The Labute approximate surface area is 111 Å². The van der Waals surface area contributed by atoms with Crippen molar-refractivity contribution in [1.29, 1.82) is 0 Å². The van der Waals surface area contributed by atoms with E-state index in [1.807, 2.05) is 4.40 Å². The molecular formula is C15H17N3O. The second-order valence-corrected chi connectivity index (χ2v) is 6.66. The second-order valence-electron chi connectivity index (χ2n) is 6.66. The lowest BCUT2D eigenvalue weighted by Crippen LogP contribution is -2.32. The third-order valence-electron chi connectivity index (χ3n) is 5.71. The summed E-state index contributed by atoms with van der Waals surface area (Å²) in [4.78, 5) is 20.1. The van der Waals surface area contributed by atoms with E-state index < -0.39 is 0 Å². The van der Waals surface area contributed by atoms with Gasteiger partial charge in [0.25, 0.3) is 5.56 Å². The van der Waals surface area contributed by atoms with Gasteiger partial charge in [-0.15, -0.1) is 0 Å². The van der Waals surface area contributed by atoms with Crippen LogP contribution < -0.4 is 5.56 Å². The average molecular weight is 255 g/mol. The SMILES string of the molecule is CC1(C)[C@H]2CC[C@]1(C)c1nc3nc(=O)ccn3cc12. The molecule has 2 atom stereocenters. The van der Waals surface area contributed by atoms with E-state index in [1.54, 1.807) is 6.20 Å². The van der Waals surface area contributed by atoms with Gasteiger partial charge in [-0.05, 0) is 29.7 Å². The molecule has 0 radical (unpaired) electrons. The quantitative estimate of drug-likeness (QED) is 0.725. The molecular weight excluding hydrogens is 238 g/mol. The zero-order valence-electron chi connectivity index (χ0n) is 11.5. The van der Waals surface area contributed by atoms with Crippen LogP contribution in [-0.2, 0) is 5.41 Å². The van der Waals surface area contributed by atoms with Gasteiger partial charge in [-0.1, -0.05) is 20.8 Å². The first-order valence-electron chi connectivity index (χ1n) is 6.84. The van der Waals surface area contributed by atoms with Gasteiger partial charge < -0.3 is 0 Å². The molecule has 2 aromatic heterocycles. The van der Waals surface area contributed by atoms with Gasteiger partial charge in [-0.2, -0.15) is 4.98 Å². The Morgan fingerprint density at radius 3 is 2.89 bits per heavy atom. The summed E-state index contributed by atoms with van der Waals surface area (Å²) >= 11 is 0. The van der Waals surface area contributed by atoms with E-state index in [0.717, 1.165) is 5.69 Å². The fourth-order valence-corrected chi connectivity index (χ4v) is 4.13. The molecule has 2 bridgehead atoms. The van der Waals surface area contributed by atoms with Gasteiger partial charge >= 0.3 is 0 Å². The number of fused-ring (bicyclic) bond motifs is 6. The molecule has 0 unspecified atom stereocenters. The van der Waals surface area contributed by atoms with Crippen LogP contribution in [0.25, 0.3) is 5.78 Å². The average Bonchev–Trinajstić information content (AvgIpc) is 2.68. The van der Waals surface area contributed by atoms with E-state index in [1.165, 1.54) is 24.5 Å². The molecule has 1 saturated carbocycles. The van der Waals surface area contributed by atoms with Crippen molar-refractivity contribution < 1.29 is 0 Å². The summed E-state index contributed by atoms with van der Waals surface area (Å²) in [5, 5.41) is 0. The number of aromatic nitrogens is 3. The van der Waals surface area contributed by atoms with Crippen LogP contribution >= 0.6 is 0 Å². The summed E-state index contributed by atoms with van der Waals surface area (Å²) in [6.45, 7) is 6.99. The van der Waals surface area contributed by atoms with Crippen LogP contribution in [0.15, 0.2) is 23.3 Å². The lowest BCUT2D eigenvalue weighted by Gasteiger charge is -2.34. The van der Waals surface area contributed by atoms with Crippen molar-refractivity contribution in [1.82, 2.24) is 14.4 Å². The third-order valence-corrected chi connectivity index (χ3v) is 5.71. The van der Waals surface area contributed by atoms with Crippen molar-refractivity contribution in [2.75, 3.05) is 0 Å². The van der Waals surface area contributed by atoms with Crippen molar-refractivity contribution in [2.45, 2.75) is 44.9 Å². The summed E-state index contributed by atoms with van der Waals surface area (Å²) in [6, 6.07) is 1.49. The van der Waals surface area contributed by atoms with Gasteiger partial charge in [0.2, 0.25) is 5.78 Å². The number of hydrogen-bond donors (Lipinski definition) is 0. The van der Waals surface area contributed by atoms with E-state index in [9.17, 15) is 4.79 Å². The molecule has 19 heavy (non-hydrogen) atoms. The number of hydrogen-bond acceptors (Lipinski definition) is 3. The number of rotatable bonds is 0. The van der Waals surface area contributed by atoms with Crippen LogP contribution in [0.5, 0.6) is 0 Å². The maximum absolute atomic E-state index is 11.4. The smallest absolute Gasteiger partial charge is 0.274 e. The lowest BCUT2D eigenvalue weighted by molar-refractivity contribution is 0.227. The van der Waals surface area contributed by atoms with Crippen molar-refractivity contribution in [2.24, 2.45) is 5.41 Å². The molecule has 4 rings (SSSR count). The van der Waals surface area contributed by atoms with Crippen LogP contribution in [0.4, 0.5) is 0 Å². The Morgan fingerprint density at radius 2 is 2.11 bits per heavy atom. The van der Waals surface area contributed by atoms with Crippen LogP contribution in [0, 0.1) is 5.41 Å². The summed E-state index contributed by atoms with van der Waals surface area (Å²) in [7, 11) is 0. The fourth-order valence-electron chi connectivity index (χ4n) is 4.13. The van der Waals surface area contributed by atoms with Gasteiger partial charge in [0.15, 0.2) is 0 Å². The summed E-state index contributed by atoms with van der Waals surface area (Å²) < 4.78 is 1.88. The third kappa shape index (κ3) is 1.13. The highest BCUT2D eigenvalue weighted by atomic mass is 16.1. The van der Waals surface area contributed by atoms with Crippen LogP contribution in [0.1, 0.15) is 50.8 Å². The molecule has 2 aliphatic rings. The molecule has 0 aromatic carbocycles. The monoisotopic (exact) mass is 255 g/mol. The molecule has 2 heterocycles. The molecule has 0 spiro atoms. The second kappa shape index (κ2) is 3.06. The molecule has 1 fully saturated rings. The van der Waals surface area contributed by atoms with Crippen molar-refractivity contribution in [3.05, 3.63) is 40.1 Å². The first-order valence-corrected chi connectivity index (χ1v) is 6.84. The number of nitrogens with zero attached hydrogens (tertiary/aromatic N) is 3.